The van der Waals surface area contributed by atoms with Crippen LogP contribution in [0, 0.1) is 5.92 Å². The van der Waals surface area contributed by atoms with Gasteiger partial charge < -0.3 is 14.8 Å². The van der Waals surface area contributed by atoms with Crippen molar-refractivity contribution in [1.29, 1.82) is 0 Å². The normalized spacial score (nSPS) is 14.0. The number of nitrogens with one attached hydrogen (secondary N) is 1. The first kappa shape index (κ1) is 21.9. The molecule has 0 aliphatic carbocycles. The number of methoxy groups -OCH3 is 1. The molecule has 2 aromatic heterocycles. The summed E-state index contributed by atoms with van der Waals surface area (Å²) in [5.41, 5.74) is 1.10. The lowest BCUT2D eigenvalue weighted by Gasteiger charge is -2.19. The first-order valence-corrected chi connectivity index (χ1v) is 9.26. The number of hydrogen-bond acceptors (Lipinski definition) is 7. The van der Waals surface area contributed by atoms with Crippen molar-refractivity contribution in [2.24, 2.45) is 5.92 Å². The van der Waals surface area contributed by atoms with E-state index in [1.54, 1.807) is 0 Å². The number of esters is 1. The SMILES string of the molecule is C/C=C(\C)C(CC/C=C/C(C)C=O)NC(=O)c1cc(C(=O)OC)n2ncnc2n1. The van der Waals surface area contributed by atoms with Crippen molar-refractivity contribution in [2.75, 3.05) is 7.11 Å². The van der Waals surface area contributed by atoms with Crippen LogP contribution >= 0.6 is 0 Å². The van der Waals surface area contributed by atoms with E-state index in [1.807, 2.05) is 39.0 Å². The van der Waals surface area contributed by atoms with Gasteiger partial charge in [-0.1, -0.05) is 30.7 Å². The van der Waals surface area contributed by atoms with E-state index in [0.29, 0.717) is 12.8 Å². The van der Waals surface area contributed by atoms with Crippen molar-refractivity contribution in [3.05, 3.63) is 47.6 Å². The average Bonchev–Trinajstić information content (AvgIpc) is 3.22. The summed E-state index contributed by atoms with van der Waals surface area (Å²) in [7, 11) is 1.25. The molecule has 0 aliphatic rings. The van der Waals surface area contributed by atoms with Gasteiger partial charge in [-0.25, -0.2) is 9.78 Å². The second kappa shape index (κ2) is 10.3. The molecule has 154 valence electrons. The van der Waals surface area contributed by atoms with E-state index in [-0.39, 0.29) is 29.1 Å². The van der Waals surface area contributed by atoms with Crippen LogP contribution in [0.3, 0.4) is 0 Å². The average molecular weight is 399 g/mol. The van der Waals surface area contributed by atoms with Gasteiger partial charge in [0.15, 0.2) is 5.69 Å². The zero-order valence-corrected chi connectivity index (χ0v) is 17.0. The third-order valence-corrected chi connectivity index (χ3v) is 4.47. The molecule has 0 aliphatic heterocycles. The van der Waals surface area contributed by atoms with Crippen LogP contribution in [-0.2, 0) is 9.53 Å². The van der Waals surface area contributed by atoms with E-state index in [1.165, 1.54) is 24.0 Å². The lowest BCUT2D eigenvalue weighted by atomic mass is 10.0. The largest absolute Gasteiger partial charge is 0.464 e. The first-order valence-electron chi connectivity index (χ1n) is 9.26. The van der Waals surface area contributed by atoms with E-state index in [9.17, 15) is 14.4 Å². The van der Waals surface area contributed by atoms with Crippen molar-refractivity contribution in [3.63, 3.8) is 0 Å². The number of hydrogen-bond donors (Lipinski definition) is 1. The smallest absolute Gasteiger partial charge is 0.356 e. The summed E-state index contributed by atoms with van der Waals surface area (Å²) in [5.74, 6) is -1.09. The Balaban J connectivity index is 2.21. The second-order valence-electron chi connectivity index (χ2n) is 6.55. The molecule has 0 bridgehead atoms. The zero-order chi connectivity index (χ0) is 21.4. The molecule has 2 unspecified atom stereocenters. The Kier molecular flexibility index (Phi) is 7.76. The van der Waals surface area contributed by atoms with Gasteiger partial charge in [0.25, 0.3) is 11.7 Å². The standard InChI is InChI=1S/C20H25N5O4/c1-5-14(3)15(9-7-6-8-13(2)11-26)23-18(27)16-10-17(19(28)29-4)25-20(24-16)21-12-22-25/h5-6,8,10-13,15H,7,9H2,1-4H3,(H,23,27)/b8-6+,14-5+. The number of amides is 1. The van der Waals surface area contributed by atoms with Gasteiger partial charge in [0, 0.05) is 12.0 Å². The Bertz CT molecular complexity index is 947. The highest BCUT2D eigenvalue weighted by Crippen LogP contribution is 2.12. The van der Waals surface area contributed by atoms with Crippen molar-refractivity contribution in [2.45, 2.75) is 39.7 Å². The van der Waals surface area contributed by atoms with Crippen LogP contribution in [0.15, 0.2) is 36.2 Å². The Labute approximate surface area is 168 Å². The molecule has 0 fully saturated rings. The van der Waals surface area contributed by atoms with Crippen molar-refractivity contribution in [1.82, 2.24) is 24.9 Å². The predicted octanol–water partition coefficient (Wildman–Crippen LogP) is 2.15. The number of fused-ring (bicyclic) bond motifs is 1. The predicted molar refractivity (Wildman–Crippen MR) is 106 cm³/mol. The van der Waals surface area contributed by atoms with Gasteiger partial charge >= 0.3 is 5.97 Å². The number of rotatable bonds is 9. The molecule has 1 amide bonds. The summed E-state index contributed by atoms with van der Waals surface area (Å²) in [6.45, 7) is 5.64. The third-order valence-electron chi connectivity index (χ3n) is 4.47. The van der Waals surface area contributed by atoms with Crippen molar-refractivity contribution < 1.29 is 19.1 Å². The fraction of sp³-hybridized carbons (Fsp3) is 0.400. The fourth-order valence-electron chi connectivity index (χ4n) is 2.64. The maximum Gasteiger partial charge on any atom is 0.356 e. The van der Waals surface area contributed by atoms with Gasteiger partial charge in [0.1, 0.15) is 18.3 Å². The molecule has 0 spiro atoms. The first-order chi connectivity index (χ1) is 13.9. The zero-order valence-electron chi connectivity index (χ0n) is 17.0. The van der Waals surface area contributed by atoms with Gasteiger partial charge in [0.05, 0.1) is 13.2 Å². The molecule has 2 rings (SSSR count). The number of allylic oxidation sites excluding steroid dienone is 3. The van der Waals surface area contributed by atoms with Gasteiger partial charge in [0.2, 0.25) is 0 Å². The van der Waals surface area contributed by atoms with Crippen molar-refractivity contribution in [3.8, 4) is 0 Å². The summed E-state index contributed by atoms with van der Waals surface area (Å²) in [6, 6.07) is 1.11. The Morgan fingerprint density at radius 2 is 2.14 bits per heavy atom. The van der Waals surface area contributed by atoms with Gasteiger partial charge in [-0.15, -0.1) is 0 Å². The number of aldehydes is 1. The molecule has 2 heterocycles. The van der Waals surface area contributed by atoms with Crippen LogP contribution < -0.4 is 5.32 Å². The minimum atomic E-state index is -0.646. The lowest BCUT2D eigenvalue weighted by Crippen LogP contribution is -2.36. The minimum absolute atomic E-state index is 0.0462. The third kappa shape index (κ3) is 5.56. The van der Waals surface area contributed by atoms with Gasteiger partial charge in [-0.3, -0.25) is 4.79 Å². The molecule has 2 atom stereocenters. The van der Waals surface area contributed by atoms with Crippen molar-refractivity contribution >= 4 is 23.9 Å². The Hall–Kier alpha value is -3.36. The summed E-state index contributed by atoms with van der Waals surface area (Å²) in [6.07, 6.45) is 9.16. The quantitative estimate of drug-likeness (QED) is 0.390. The molecule has 9 heteroatoms. The van der Waals surface area contributed by atoms with Crippen LogP contribution in [0.1, 0.15) is 54.6 Å². The maximum atomic E-state index is 12.8. The molecule has 0 saturated carbocycles. The molecule has 0 aromatic carbocycles. The Morgan fingerprint density at radius 3 is 2.79 bits per heavy atom. The molecule has 0 radical (unpaired) electrons. The number of nitrogens with zero attached hydrogens (tertiary/aromatic N) is 4. The van der Waals surface area contributed by atoms with Crippen LogP contribution in [0.25, 0.3) is 5.78 Å². The molecule has 2 aromatic rings. The summed E-state index contributed by atoms with van der Waals surface area (Å²) in [4.78, 5) is 43.7. The topological polar surface area (TPSA) is 116 Å². The van der Waals surface area contributed by atoms with E-state index in [2.05, 4.69) is 20.4 Å². The van der Waals surface area contributed by atoms with E-state index in [0.717, 1.165) is 11.9 Å². The summed E-state index contributed by atoms with van der Waals surface area (Å²) >= 11 is 0. The Morgan fingerprint density at radius 1 is 1.38 bits per heavy atom. The molecule has 0 saturated heterocycles. The molecule has 29 heavy (non-hydrogen) atoms. The highest BCUT2D eigenvalue weighted by atomic mass is 16.5. The molecule has 9 nitrogen and oxygen atoms in total. The van der Waals surface area contributed by atoms with E-state index >= 15 is 0 Å². The second-order valence-corrected chi connectivity index (χ2v) is 6.55. The lowest BCUT2D eigenvalue weighted by molar-refractivity contribution is -0.109. The summed E-state index contributed by atoms with van der Waals surface area (Å²) < 4.78 is 5.97. The van der Waals surface area contributed by atoms with Gasteiger partial charge in [-0.05, 0) is 26.7 Å². The minimum Gasteiger partial charge on any atom is -0.464 e. The number of carbonyl (C=O) groups is 3. The monoisotopic (exact) mass is 399 g/mol. The number of ether oxygens (including phenoxy) is 1. The number of carbonyl (C=O) groups excluding carboxylic acids is 3. The van der Waals surface area contributed by atoms with Crippen LogP contribution in [-0.4, -0.2) is 50.9 Å². The van der Waals surface area contributed by atoms with Crippen LogP contribution in [0.4, 0.5) is 0 Å². The van der Waals surface area contributed by atoms with E-state index < -0.39 is 11.9 Å². The highest BCUT2D eigenvalue weighted by molar-refractivity contribution is 5.96. The van der Waals surface area contributed by atoms with E-state index in [4.69, 9.17) is 4.74 Å². The molecular weight excluding hydrogens is 374 g/mol. The van der Waals surface area contributed by atoms with Gasteiger partial charge in [-0.2, -0.15) is 14.6 Å². The summed E-state index contributed by atoms with van der Waals surface area (Å²) in [5, 5.41) is 6.88. The fourth-order valence-corrected chi connectivity index (χ4v) is 2.64. The molecular formula is C20H25N5O4. The highest BCUT2D eigenvalue weighted by Gasteiger charge is 2.21. The van der Waals surface area contributed by atoms with Crippen LogP contribution in [0.2, 0.25) is 0 Å². The maximum absolute atomic E-state index is 12.8. The molecule has 1 N–H and O–H groups in total. The van der Waals surface area contributed by atoms with Crippen LogP contribution in [0.5, 0.6) is 0 Å². The number of aromatic nitrogens is 4.